The zero-order valence-electron chi connectivity index (χ0n) is 16.0. The average Bonchev–Trinajstić information content (AvgIpc) is 3.40. The number of carbonyl (C=O) groups excluding carboxylic acids is 2. The fourth-order valence-corrected chi connectivity index (χ4v) is 4.00. The van der Waals surface area contributed by atoms with Crippen LogP contribution in [-0.2, 0) is 17.9 Å². The molecule has 2 aliphatic rings. The van der Waals surface area contributed by atoms with Crippen molar-refractivity contribution in [3.63, 3.8) is 0 Å². The van der Waals surface area contributed by atoms with E-state index in [2.05, 4.69) is 10.3 Å². The Hall–Kier alpha value is -2.93. The number of carbonyl (C=O) groups is 2. The van der Waals surface area contributed by atoms with Gasteiger partial charge < -0.3 is 4.90 Å². The predicted molar refractivity (Wildman–Crippen MR) is 109 cm³/mol. The van der Waals surface area contributed by atoms with Gasteiger partial charge in [-0.3, -0.25) is 9.69 Å². The highest BCUT2D eigenvalue weighted by atomic mass is 35.5. The Bertz CT molecular complexity index is 1120. The van der Waals surface area contributed by atoms with Crippen molar-refractivity contribution in [3.8, 4) is 11.1 Å². The van der Waals surface area contributed by atoms with E-state index in [0.29, 0.717) is 17.5 Å². The molecular formula is C21H20ClN5O2. The van der Waals surface area contributed by atoms with Crippen molar-refractivity contribution in [1.82, 2.24) is 24.8 Å². The monoisotopic (exact) mass is 409 g/mol. The van der Waals surface area contributed by atoms with Crippen molar-refractivity contribution in [2.45, 2.75) is 25.9 Å². The molecule has 1 saturated carbocycles. The van der Waals surface area contributed by atoms with E-state index in [-0.39, 0.29) is 18.5 Å². The van der Waals surface area contributed by atoms with Gasteiger partial charge in [-0.25, -0.2) is 9.48 Å². The highest BCUT2D eigenvalue weighted by Crippen LogP contribution is 2.35. The summed E-state index contributed by atoms with van der Waals surface area (Å²) in [7, 11) is 1.51. The molecule has 0 N–H and O–H groups in total. The number of rotatable bonds is 5. The van der Waals surface area contributed by atoms with Gasteiger partial charge in [-0.15, -0.1) is 5.10 Å². The summed E-state index contributed by atoms with van der Waals surface area (Å²) >= 11 is 6.66. The summed E-state index contributed by atoms with van der Waals surface area (Å²) in [6, 6.07) is 11.6. The topological polar surface area (TPSA) is 71.3 Å². The van der Waals surface area contributed by atoms with Crippen LogP contribution in [0.4, 0.5) is 4.79 Å². The van der Waals surface area contributed by atoms with Crippen LogP contribution in [0.25, 0.3) is 22.2 Å². The molecular weight excluding hydrogens is 390 g/mol. The molecule has 2 heterocycles. The molecule has 148 valence electrons. The number of nitrogens with zero attached hydrogens (tertiary/aromatic N) is 5. The van der Waals surface area contributed by atoms with Crippen molar-refractivity contribution in [2.75, 3.05) is 13.6 Å². The molecule has 3 amide bonds. The first kappa shape index (κ1) is 18.1. The summed E-state index contributed by atoms with van der Waals surface area (Å²) in [4.78, 5) is 26.4. The number of likely N-dealkylation sites (N-methyl/N-ethyl adjacent to an activating group) is 1. The number of fused-ring (bicyclic) bond motifs is 1. The third-order valence-corrected chi connectivity index (χ3v) is 6.03. The predicted octanol–water partition coefficient (Wildman–Crippen LogP) is 3.56. The van der Waals surface area contributed by atoms with Crippen LogP contribution >= 0.6 is 11.6 Å². The Morgan fingerprint density at radius 1 is 1.10 bits per heavy atom. The van der Waals surface area contributed by atoms with Crippen LogP contribution in [0.5, 0.6) is 0 Å². The largest absolute Gasteiger partial charge is 0.327 e. The van der Waals surface area contributed by atoms with Crippen LogP contribution in [0, 0.1) is 5.92 Å². The molecule has 0 atom stereocenters. The first-order valence-corrected chi connectivity index (χ1v) is 10.1. The van der Waals surface area contributed by atoms with E-state index in [1.54, 1.807) is 0 Å². The summed E-state index contributed by atoms with van der Waals surface area (Å²) in [6.07, 6.45) is 2.51. The fraction of sp³-hybridized carbons (Fsp3) is 0.333. The van der Waals surface area contributed by atoms with Gasteiger partial charge in [-0.05, 0) is 36.0 Å². The number of urea groups is 1. The smallest absolute Gasteiger partial charge is 0.311 e. The number of imide groups is 1. The minimum Gasteiger partial charge on any atom is -0.311 e. The van der Waals surface area contributed by atoms with E-state index in [1.807, 2.05) is 41.1 Å². The van der Waals surface area contributed by atoms with Crippen molar-refractivity contribution in [1.29, 1.82) is 0 Å². The molecule has 2 aromatic carbocycles. The molecule has 0 spiro atoms. The highest BCUT2D eigenvalue weighted by Gasteiger charge is 2.32. The second-order valence-electron chi connectivity index (χ2n) is 7.80. The molecule has 1 aromatic heterocycles. The highest BCUT2D eigenvalue weighted by molar-refractivity contribution is 6.37. The van der Waals surface area contributed by atoms with Gasteiger partial charge in [-0.1, -0.05) is 47.1 Å². The van der Waals surface area contributed by atoms with Gasteiger partial charge in [0.15, 0.2) is 0 Å². The number of amides is 3. The normalized spacial score (nSPS) is 17.0. The Labute approximate surface area is 172 Å². The molecule has 29 heavy (non-hydrogen) atoms. The van der Waals surface area contributed by atoms with Crippen LogP contribution in [-0.4, -0.2) is 50.3 Å². The quantitative estimate of drug-likeness (QED) is 0.604. The zero-order chi connectivity index (χ0) is 20.1. The van der Waals surface area contributed by atoms with E-state index in [0.717, 1.165) is 39.2 Å². The van der Waals surface area contributed by atoms with Crippen molar-refractivity contribution < 1.29 is 9.59 Å². The van der Waals surface area contributed by atoms with Gasteiger partial charge in [0.1, 0.15) is 12.1 Å². The Kier molecular flexibility index (Phi) is 4.28. The third-order valence-electron chi connectivity index (χ3n) is 5.65. The zero-order valence-corrected chi connectivity index (χ0v) is 16.8. The molecule has 8 heteroatoms. The molecule has 1 aliphatic heterocycles. The summed E-state index contributed by atoms with van der Waals surface area (Å²) in [6.45, 7) is 1.42. The molecule has 1 saturated heterocycles. The summed E-state index contributed by atoms with van der Waals surface area (Å²) in [5, 5.41) is 9.17. The maximum absolute atomic E-state index is 12.0. The average molecular weight is 410 g/mol. The molecule has 3 aromatic rings. The third kappa shape index (κ3) is 3.25. The number of hydrogen-bond acceptors (Lipinski definition) is 4. The van der Waals surface area contributed by atoms with Crippen molar-refractivity contribution in [3.05, 3.63) is 47.0 Å². The first-order chi connectivity index (χ1) is 14.0. The van der Waals surface area contributed by atoms with Crippen LogP contribution in [0.15, 0.2) is 36.4 Å². The van der Waals surface area contributed by atoms with E-state index in [9.17, 15) is 9.59 Å². The SMILES string of the molecule is CN1C(=O)CN(Cc2ccc(-c3ccc4c(nnn4CC4CC4)c3Cl)cc2)C1=O. The summed E-state index contributed by atoms with van der Waals surface area (Å²) in [5.74, 6) is 0.532. The molecule has 0 bridgehead atoms. The molecule has 2 fully saturated rings. The number of benzene rings is 2. The van der Waals surface area contributed by atoms with Crippen LogP contribution in [0.2, 0.25) is 5.02 Å². The van der Waals surface area contributed by atoms with Crippen LogP contribution in [0.3, 0.4) is 0 Å². The van der Waals surface area contributed by atoms with Crippen LogP contribution in [0.1, 0.15) is 18.4 Å². The van der Waals surface area contributed by atoms with Crippen molar-refractivity contribution >= 4 is 34.6 Å². The standard InChI is InChI=1S/C21H20ClN5O2/c1-25-18(28)12-26(21(25)29)10-13-4-6-15(7-5-13)16-8-9-17-20(19(16)22)23-24-27(17)11-14-2-3-14/h4-9,14H,2-3,10-12H2,1H3. The van der Waals surface area contributed by atoms with Crippen molar-refractivity contribution in [2.24, 2.45) is 5.92 Å². The Morgan fingerprint density at radius 3 is 2.52 bits per heavy atom. The van der Waals surface area contributed by atoms with Gasteiger partial charge in [-0.2, -0.15) is 0 Å². The Balaban J connectivity index is 1.38. The van der Waals surface area contributed by atoms with Gasteiger partial charge in [0.2, 0.25) is 5.91 Å². The lowest BCUT2D eigenvalue weighted by Crippen LogP contribution is -2.29. The summed E-state index contributed by atoms with van der Waals surface area (Å²) in [5.41, 5.74) is 4.51. The fourth-order valence-electron chi connectivity index (χ4n) is 3.70. The Morgan fingerprint density at radius 2 is 1.86 bits per heavy atom. The van der Waals surface area contributed by atoms with E-state index in [4.69, 9.17) is 11.6 Å². The van der Waals surface area contributed by atoms with Gasteiger partial charge in [0.25, 0.3) is 0 Å². The first-order valence-electron chi connectivity index (χ1n) is 9.68. The van der Waals surface area contributed by atoms with E-state index >= 15 is 0 Å². The van der Waals surface area contributed by atoms with E-state index in [1.165, 1.54) is 24.8 Å². The second kappa shape index (κ2) is 6.84. The minimum absolute atomic E-state index is 0.121. The molecule has 0 unspecified atom stereocenters. The lowest BCUT2D eigenvalue weighted by atomic mass is 10.0. The lowest BCUT2D eigenvalue weighted by molar-refractivity contribution is -0.124. The molecule has 7 nitrogen and oxygen atoms in total. The molecule has 5 rings (SSSR count). The number of halogens is 1. The maximum atomic E-state index is 12.0. The van der Waals surface area contributed by atoms with Crippen LogP contribution < -0.4 is 0 Å². The van der Waals surface area contributed by atoms with E-state index < -0.39 is 0 Å². The van der Waals surface area contributed by atoms with Gasteiger partial charge in [0.05, 0.1) is 10.5 Å². The molecule has 0 radical (unpaired) electrons. The second-order valence-corrected chi connectivity index (χ2v) is 8.18. The van der Waals surface area contributed by atoms with Gasteiger partial charge in [0, 0.05) is 25.7 Å². The maximum Gasteiger partial charge on any atom is 0.327 e. The number of hydrogen-bond donors (Lipinski definition) is 0. The molecule has 1 aliphatic carbocycles. The summed E-state index contributed by atoms with van der Waals surface area (Å²) < 4.78 is 1.94. The number of aromatic nitrogens is 3. The van der Waals surface area contributed by atoms with Gasteiger partial charge >= 0.3 is 6.03 Å². The lowest BCUT2D eigenvalue weighted by Gasteiger charge is -2.15. The minimum atomic E-state index is -0.262.